The summed E-state index contributed by atoms with van der Waals surface area (Å²) in [6.07, 6.45) is 4.53. The van der Waals surface area contributed by atoms with E-state index in [1.165, 1.54) is 6.42 Å². The Labute approximate surface area is 265 Å². The number of carbonyl (C=O) groups excluding carboxylic acids is 5. The zero-order valence-corrected chi connectivity index (χ0v) is 28.5. The molecule has 0 aliphatic carbocycles. The van der Waals surface area contributed by atoms with Gasteiger partial charge in [-0.05, 0) is 19.3 Å². The van der Waals surface area contributed by atoms with Gasteiger partial charge in [0.15, 0.2) is 5.78 Å². The van der Waals surface area contributed by atoms with Gasteiger partial charge in [0.1, 0.15) is 19.3 Å². The minimum Gasteiger partial charge on any atom is -0.377 e. The SMILES string of the molecule is CC.CC.CCC.CCC(=O)COCCOCCNC(=O)COCCOCCNC(=O)C1CCCN1C(=O)CCCNC=O. The lowest BCUT2D eigenvalue weighted by molar-refractivity contribution is -0.138. The van der Waals surface area contributed by atoms with Crippen molar-refractivity contribution in [2.24, 2.45) is 0 Å². The van der Waals surface area contributed by atoms with Gasteiger partial charge in [0.2, 0.25) is 24.1 Å². The standard InChI is InChI=1S/C24H42N4O9.C3H8.2C2H6/c1-2-20(30)17-36-15-13-34-11-8-26-22(31)18-37-16-14-35-12-9-27-24(33)21-5-4-10-28(21)23(32)6-3-7-25-19-29;1-3-2;2*1-2/h19,21H,2-18H2,1H3,(H,25,29)(H,26,31)(H,27,33);3H2,1-2H3;2*1-2H3. The van der Waals surface area contributed by atoms with E-state index >= 15 is 0 Å². The van der Waals surface area contributed by atoms with E-state index in [0.29, 0.717) is 71.7 Å². The van der Waals surface area contributed by atoms with Gasteiger partial charge in [0.05, 0.1) is 39.6 Å². The Bertz CT molecular complexity index is 712. The summed E-state index contributed by atoms with van der Waals surface area (Å²) < 4.78 is 21.1. The predicted molar refractivity (Wildman–Crippen MR) is 171 cm³/mol. The number of likely N-dealkylation sites (tertiary alicyclic amines) is 1. The van der Waals surface area contributed by atoms with Gasteiger partial charge in [-0.3, -0.25) is 24.0 Å². The van der Waals surface area contributed by atoms with Crippen LogP contribution in [-0.4, -0.2) is 120 Å². The maximum atomic E-state index is 12.4. The molecule has 1 unspecified atom stereocenters. The maximum Gasteiger partial charge on any atom is 0.246 e. The van der Waals surface area contributed by atoms with E-state index < -0.39 is 6.04 Å². The molecule has 1 atom stereocenters. The van der Waals surface area contributed by atoms with E-state index in [-0.39, 0.29) is 63.0 Å². The van der Waals surface area contributed by atoms with Gasteiger partial charge in [-0.1, -0.05) is 54.9 Å². The summed E-state index contributed by atoms with van der Waals surface area (Å²) in [5.41, 5.74) is 0. The lowest BCUT2D eigenvalue weighted by Gasteiger charge is -2.24. The van der Waals surface area contributed by atoms with Crippen LogP contribution in [0.5, 0.6) is 0 Å². The highest BCUT2D eigenvalue weighted by Crippen LogP contribution is 2.18. The van der Waals surface area contributed by atoms with E-state index in [9.17, 15) is 24.0 Å². The summed E-state index contributed by atoms with van der Waals surface area (Å²) >= 11 is 0. The Morgan fingerprint density at radius 2 is 1.32 bits per heavy atom. The van der Waals surface area contributed by atoms with Crippen molar-refractivity contribution in [3.63, 3.8) is 0 Å². The molecule has 1 fully saturated rings. The van der Waals surface area contributed by atoms with Crippen LogP contribution in [0.15, 0.2) is 0 Å². The number of carbonyl (C=O) groups is 5. The molecule has 1 aliphatic heterocycles. The molecule has 4 amide bonds. The topological polar surface area (TPSA) is 162 Å². The first-order chi connectivity index (χ1) is 21.4. The van der Waals surface area contributed by atoms with Crippen molar-refractivity contribution >= 4 is 29.9 Å². The monoisotopic (exact) mass is 634 g/mol. The third-order valence-electron chi connectivity index (χ3n) is 5.42. The number of rotatable bonds is 23. The fraction of sp³-hybridized carbons (Fsp3) is 0.839. The van der Waals surface area contributed by atoms with E-state index in [0.717, 1.165) is 6.42 Å². The van der Waals surface area contributed by atoms with Crippen LogP contribution in [0.3, 0.4) is 0 Å². The summed E-state index contributed by atoms with van der Waals surface area (Å²) in [4.78, 5) is 59.4. The van der Waals surface area contributed by atoms with Crippen LogP contribution in [0, 0.1) is 0 Å². The Morgan fingerprint density at radius 1 is 0.773 bits per heavy atom. The number of hydrogen-bond acceptors (Lipinski definition) is 9. The number of nitrogens with zero attached hydrogens (tertiary/aromatic N) is 1. The van der Waals surface area contributed by atoms with Crippen LogP contribution in [0.1, 0.15) is 87.0 Å². The van der Waals surface area contributed by atoms with Crippen molar-refractivity contribution in [3.8, 4) is 0 Å². The molecule has 3 N–H and O–H groups in total. The van der Waals surface area contributed by atoms with Gasteiger partial charge in [-0.15, -0.1) is 0 Å². The molecular formula is C31H62N4O9. The van der Waals surface area contributed by atoms with Crippen molar-refractivity contribution in [1.29, 1.82) is 0 Å². The van der Waals surface area contributed by atoms with Crippen LogP contribution < -0.4 is 16.0 Å². The minimum absolute atomic E-state index is 0.0448. The van der Waals surface area contributed by atoms with Crippen LogP contribution in [0.4, 0.5) is 0 Å². The van der Waals surface area contributed by atoms with Crippen LogP contribution in [0.25, 0.3) is 0 Å². The fourth-order valence-electron chi connectivity index (χ4n) is 3.45. The third kappa shape index (κ3) is 28.2. The lowest BCUT2D eigenvalue weighted by Crippen LogP contribution is -2.46. The van der Waals surface area contributed by atoms with Crippen LogP contribution in [0.2, 0.25) is 0 Å². The van der Waals surface area contributed by atoms with Gasteiger partial charge in [0.25, 0.3) is 0 Å². The predicted octanol–water partition coefficient (Wildman–Crippen LogP) is 2.25. The van der Waals surface area contributed by atoms with E-state index in [1.807, 2.05) is 27.7 Å². The molecule has 44 heavy (non-hydrogen) atoms. The van der Waals surface area contributed by atoms with Crippen molar-refractivity contribution in [2.75, 3.05) is 79.0 Å². The number of Topliss-reactive ketones (excluding diaryl/α,β-unsaturated/α-hetero) is 1. The summed E-state index contributed by atoms with van der Waals surface area (Å²) in [7, 11) is 0. The maximum absolute atomic E-state index is 12.4. The third-order valence-corrected chi connectivity index (χ3v) is 5.42. The Hall–Kier alpha value is -2.61. The number of ether oxygens (including phenoxy) is 4. The van der Waals surface area contributed by atoms with Crippen LogP contribution in [-0.2, 0) is 42.9 Å². The fourth-order valence-corrected chi connectivity index (χ4v) is 3.45. The van der Waals surface area contributed by atoms with Crippen molar-refractivity contribution in [3.05, 3.63) is 0 Å². The molecule has 0 aromatic rings. The Balaban J connectivity index is -0.00000221. The number of nitrogens with one attached hydrogen (secondary N) is 3. The summed E-state index contributed by atoms with van der Waals surface area (Å²) in [6, 6.07) is -0.469. The highest BCUT2D eigenvalue weighted by Gasteiger charge is 2.33. The summed E-state index contributed by atoms with van der Waals surface area (Å²) in [5.74, 6) is -0.502. The normalized spacial score (nSPS) is 13.2. The number of hydrogen-bond donors (Lipinski definition) is 3. The molecular weight excluding hydrogens is 572 g/mol. The zero-order valence-electron chi connectivity index (χ0n) is 28.5. The Kier molecular flexibility index (Phi) is 38.1. The van der Waals surface area contributed by atoms with Gasteiger partial charge in [0, 0.05) is 39.0 Å². The van der Waals surface area contributed by atoms with E-state index in [2.05, 4.69) is 29.8 Å². The Morgan fingerprint density at radius 3 is 1.89 bits per heavy atom. The highest BCUT2D eigenvalue weighted by atomic mass is 16.5. The van der Waals surface area contributed by atoms with Gasteiger partial charge < -0.3 is 39.8 Å². The van der Waals surface area contributed by atoms with Crippen molar-refractivity contribution in [1.82, 2.24) is 20.9 Å². The van der Waals surface area contributed by atoms with Gasteiger partial charge in [-0.25, -0.2) is 0 Å². The lowest BCUT2D eigenvalue weighted by atomic mass is 10.2. The molecule has 0 saturated carbocycles. The molecule has 13 heteroatoms. The largest absolute Gasteiger partial charge is 0.377 e. The van der Waals surface area contributed by atoms with Crippen molar-refractivity contribution in [2.45, 2.75) is 93.0 Å². The second kappa shape index (κ2) is 36.6. The number of amides is 4. The molecule has 13 nitrogen and oxygen atoms in total. The average molecular weight is 635 g/mol. The quantitative estimate of drug-likeness (QED) is 0.113. The summed E-state index contributed by atoms with van der Waals surface area (Å²) in [6.45, 7) is 17.5. The summed E-state index contributed by atoms with van der Waals surface area (Å²) in [5, 5.41) is 7.97. The molecule has 1 rings (SSSR count). The van der Waals surface area contributed by atoms with E-state index in [1.54, 1.807) is 11.8 Å². The molecule has 0 aromatic heterocycles. The molecule has 0 aromatic carbocycles. The van der Waals surface area contributed by atoms with Crippen molar-refractivity contribution < 1.29 is 42.9 Å². The van der Waals surface area contributed by atoms with Gasteiger partial charge >= 0.3 is 0 Å². The molecule has 1 heterocycles. The average Bonchev–Trinajstić information content (AvgIpc) is 3.54. The molecule has 1 saturated heterocycles. The molecule has 260 valence electrons. The first-order valence-corrected chi connectivity index (χ1v) is 16.2. The van der Waals surface area contributed by atoms with E-state index in [4.69, 9.17) is 18.9 Å². The first kappa shape index (κ1) is 45.8. The second-order valence-electron chi connectivity index (χ2n) is 8.99. The zero-order chi connectivity index (χ0) is 33.8. The van der Waals surface area contributed by atoms with Gasteiger partial charge in [-0.2, -0.15) is 0 Å². The minimum atomic E-state index is -0.469. The molecule has 0 radical (unpaired) electrons. The second-order valence-corrected chi connectivity index (χ2v) is 8.99. The molecule has 0 bridgehead atoms. The highest BCUT2D eigenvalue weighted by molar-refractivity contribution is 5.88. The molecule has 0 spiro atoms. The first-order valence-electron chi connectivity index (χ1n) is 16.2. The number of ketones is 1. The smallest absolute Gasteiger partial charge is 0.246 e. The van der Waals surface area contributed by atoms with Crippen LogP contribution >= 0.6 is 0 Å². The molecule has 1 aliphatic rings.